The lowest BCUT2D eigenvalue weighted by molar-refractivity contribution is 1.26. The Labute approximate surface area is 65.2 Å². The molecule has 0 atom stereocenters. The fourth-order valence-corrected chi connectivity index (χ4v) is 0.522. The van der Waals surface area contributed by atoms with Gasteiger partial charge in [-0.25, -0.2) is 0 Å². The number of hydrogen-bond donors (Lipinski definition) is 2. The maximum Gasteiger partial charge on any atom is 0.141 e. The van der Waals surface area contributed by atoms with Crippen LogP contribution < -0.4 is 5.73 Å². The minimum absolute atomic E-state index is 0. The zero-order chi connectivity index (χ0) is 6.69. The van der Waals surface area contributed by atoms with E-state index < -0.39 is 0 Å². The molecule has 0 saturated heterocycles. The van der Waals surface area contributed by atoms with Crippen LogP contribution in [0.15, 0.2) is 24.4 Å². The Morgan fingerprint density at radius 1 is 1.50 bits per heavy atom. The van der Waals surface area contributed by atoms with E-state index in [0.29, 0.717) is 5.69 Å². The quantitative estimate of drug-likeness (QED) is 0.468. The zero-order valence-corrected chi connectivity index (χ0v) is 6.06. The summed E-state index contributed by atoms with van der Waals surface area (Å²) in [6.45, 7) is 0. The number of aromatic nitrogens is 1. The first kappa shape index (κ1) is 8.91. The van der Waals surface area contributed by atoms with Crippen LogP contribution in [0, 0.1) is 5.41 Å². The van der Waals surface area contributed by atoms with Crippen LogP contribution in [-0.2, 0) is 0 Å². The summed E-state index contributed by atoms with van der Waals surface area (Å²) >= 11 is 0. The molecular weight excluding hydrogens is 150 g/mol. The number of pyridine rings is 1. The Morgan fingerprint density at radius 3 is 2.50 bits per heavy atom. The maximum atomic E-state index is 6.95. The topological polar surface area (TPSA) is 62.8 Å². The molecule has 0 aliphatic carbocycles. The molecule has 3 nitrogen and oxygen atoms in total. The number of nitrogen functional groups attached to an aromatic ring is 1. The molecule has 10 heavy (non-hydrogen) atoms. The molecule has 4 heteroatoms. The summed E-state index contributed by atoms with van der Waals surface area (Å²) in [7, 11) is 0. The summed E-state index contributed by atoms with van der Waals surface area (Å²) < 4.78 is 0. The van der Waals surface area contributed by atoms with Crippen molar-refractivity contribution in [2.24, 2.45) is 5.73 Å². The van der Waals surface area contributed by atoms with Crippen LogP contribution in [0.3, 0.4) is 0 Å². The Morgan fingerprint density at radius 2 is 2.20 bits per heavy atom. The van der Waals surface area contributed by atoms with Crippen LogP contribution in [0.5, 0.6) is 0 Å². The molecule has 0 spiro atoms. The molecule has 3 N–H and O–H groups in total. The molecule has 0 amide bonds. The average Bonchev–Trinajstić information content (AvgIpc) is 1.90. The zero-order valence-electron chi connectivity index (χ0n) is 5.24. The Bertz CT molecular complexity index is 209. The van der Waals surface area contributed by atoms with Crippen molar-refractivity contribution in [2.45, 2.75) is 0 Å². The first-order valence-corrected chi connectivity index (χ1v) is 2.56. The van der Waals surface area contributed by atoms with E-state index in [1.807, 2.05) is 0 Å². The van der Waals surface area contributed by atoms with Crippen molar-refractivity contribution in [1.82, 2.24) is 4.98 Å². The molecule has 0 saturated carbocycles. The van der Waals surface area contributed by atoms with Crippen molar-refractivity contribution in [3.05, 3.63) is 30.1 Å². The van der Waals surface area contributed by atoms with E-state index in [9.17, 15) is 0 Å². The number of nitrogens with one attached hydrogen (secondary N) is 1. The molecule has 0 radical (unpaired) electrons. The molecule has 0 unspecified atom stereocenters. The Balaban J connectivity index is 0.000000810. The summed E-state index contributed by atoms with van der Waals surface area (Å²) in [6.07, 6.45) is 1.61. The van der Waals surface area contributed by atoms with Gasteiger partial charge in [-0.3, -0.25) is 10.4 Å². The van der Waals surface area contributed by atoms with Gasteiger partial charge in [-0.15, -0.1) is 12.4 Å². The first-order chi connectivity index (χ1) is 4.30. The molecular formula is C6H8ClN3. The van der Waals surface area contributed by atoms with E-state index in [2.05, 4.69) is 4.98 Å². The fraction of sp³-hybridized carbons (Fsp3) is 0. The van der Waals surface area contributed by atoms with Gasteiger partial charge in [-0.2, -0.15) is 0 Å². The number of nitrogens with two attached hydrogens (primary N) is 1. The monoisotopic (exact) mass is 157 g/mol. The second-order valence-corrected chi connectivity index (χ2v) is 1.63. The number of nitrogens with zero attached hydrogens (tertiary/aromatic N) is 1. The Kier molecular flexibility index (Phi) is 3.43. The third-order valence-electron chi connectivity index (χ3n) is 0.941. The highest BCUT2D eigenvalue weighted by atomic mass is 35.5. The molecule has 0 aromatic carbocycles. The van der Waals surface area contributed by atoms with Crippen molar-refractivity contribution >= 4 is 18.2 Å². The van der Waals surface area contributed by atoms with Crippen LogP contribution in [0.2, 0.25) is 0 Å². The lowest BCUT2D eigenvalue weighted by Gasteiger charge is -1.91. The van der Waals surface area contributed by atoms with Gasteiger partial charge in [-0.1, -0.05) is 6.07 Å². The molecule has 0 bridgehead atoms. The summed E-state index contributed by atoms with van der Waals surface area (Å²) in [5.74, 6) is 0.00981. The van der Waals surface area contributed by atoms with E-state index >= 15 is 0 Å². The van der Waals surface area contributed by atoms with Gasteiger partial charge in [0, 0.05) is 6.20 Å². The summed E-state index contributed by atoms with van der Waals surface area (Å²) in [5.41, 5.74) is 5.66. The summed E-state index contributed by atoms with van der Waals surface area (Å²) in [5, 5.41) is 6.95. The van der Waals surface area contributed by atoms with Crippen molar-refractivity contribution < 1.29 is 0 Å². The van der Waals surface area contributed by atoms with Crippen LogP contribution in [0.25, 0.3) is 0 Å². The standard InChI is InChI=1S/C6H7N3.ClH/c7-6(8)5-3-1-2-4-9-5;/h1-4H,(H3,7,8);1H. The van der Waals surface area contributed by atoms with Crippen molar-refractivity contribution in [3.8, 4) is 0 Å². The fourth-order valence-electron chi connectivity index (χ4n) is 0.522. The van der Waals surface area contributed by atoms with Gasteiger partial charge in [0.15, 0.2) is 0 Å². The van der Waals surface area contributed by atoms with Gasteiger partial charge in [0.25, 0.3) is 0 Å². The van der Waals surface area contributed by atoms with Crippen molar-refractivity contribution in [3.63, 3.8) is 0 Å². The van der Waals surface area contributed by atoms with Crippen LogP contribution in [-0.4, -0.2) is 10.8 Å². The lowest BCUT2D eigenvalue weighted by Crippen LogP contribution is -2.12. The third kappa shape index (κ3) is 2.03. The van der Waals surface area contributed by atoms with Crippen LogP contribution in [0.4, 0.5) is 0 Å². The highest BCUT2D eigenvalue weighted by Gasteiger charge is 1.91. The average molecular weight is 158 g/mol. The number of rotatable bonds is 1. The third-order valence-corrected chi connectivity index (χ3v) is 0.941. The van der Waals surface area contributed by atoms with Gasteiger partial charge in [0.1, 0.15) is 11.5 Å². The second-order valence-electron chi connectivity index (χ2n) is 1.63. The number of hydrogen-bond acceptors (Lipinski definition) is 2. The number of halogens is 1. The molecule has 0 aliphatic heterocycles. The highest BCUT2D eigenvalue weighted by molar-refractivity contribution is 5.92. The van der Waals surface area contributed by atoms with Gasteiger partial charge >= 0.3 is 0 Å². The molecule has 0 aliphatic rings. The largest absolute Gasteiger partial charge is 0.382 e. The van der Waals surface area contributed by atoms with Crippen LogP contribution >= 0.6 is 12.4 Å². The van der Waals surface area contributed by atoms with E-state index in [0.717, 1.165) is 0 Å². The van der Waals surface area contributed by atoms with E-state index in [1.54, 1.807) is 24.4 Å². The Hall–Kier alpha value is -1.09. The normalized spacial score (nSPS) is 8.00. The molecule has 1 aromatic heterocycles. The summed E-state index contributed by atoms with van der Waals surface area (Å²) in [4.78, 5) is 3.83. The van der Waals surface area contributed by atoms with Crippen LogP contribution in [0.1, 0.15) is 5.69 Å². The van der Waals surface area contributed by atoms with E-state index in [4.69, 9.17) is 11.1 Å². The van der Waals surface area contributed by atoms with Gasteiger partial charge < -0.3 is 5.73 Å². The second kappa shape index (κ2) is 3.85. The molecule has 0 fully saturated rings. The smallest absolute Gasteiger partial charge is 0.141 e. The maximum absolute atomic E-state index is 6.95. The molecule has 54 valence electrons. The van der Waals surface area contributed by atoms with Gasteiger partial charge in [0.2, 0.25) is 0 Å². The number of amidine groups is 1. The molecule has 1 heterocycles. The van der Waals surface area contributed by atoms with Crippen molar-refractivity contribution in [1.29, 1.82) is 5.41 Å². The highest BCUT2D eigenvalue weighted by Crippen LogP contribution is 1.88. The minimum atomic E-state index is 0. The van der Waals surface area contributed by atoms with E-state index in [1.165, 1.54) is 0 Å². The predicted octanol–water partition coefficient (Wildman–Crippen LogP) is 0.787. The van der Waals surface area contributed by atoms with E-state index in [-0.39, 0.29) is 18.2 Å². The minimum Gasteiger partial charge on any atom is -0.382 e. The van der Waals surface area contributed by atoms with Gasteiger partial charge in [0.05, 0.1) is 0 Å². The molecule has 1 aromatic rings. The molecule has 1 rings (SSSR count). The van der Waals surface area contributed by atoms with Gasteiger partial charge in [-0.05, 0) is 12.1 Å². The van der Waals surface area contributed by atoms with Crippen molar-refractivity contribution in [2.75, 3.05) is 0 Å². The first-order valence-electron chi connectivity index (χ1n) is 2.56. The SMILES string of the molecule is Cl.N=C(N)c1ccccn1. The predicted molar refractivity (Wildman–Crippen MR) is 42.5 cm³/mol. The summed E-state index contributed by atoms with van der Waals surface area (Å²) in [6, 6.07) is 5.28. The lowest BCUT2D eigenvalue weighted by atomic mass is 10.3.